The van der Waals surface area contributed by atoms with Gasteiger partial charge in [-0.2, -0.15) is 5.10 Å². The summed E-state index contributed by atoms with van der Waals surface area (Å²) in [5, 5.41) is 21.9. The van der Waals surface area contributed by atoms with E-state index < -0.39 is 0 Å². The summed E-state index contributed by atoms with van der Waals surface area (Å²) in [6, 6.07) is 8.75. The number of aromatic amines is 1. The number of benzene rings is 2. The highest BCUT2D eigenvalue weighted by molar-refractivity contribution is 6.15. The normalized spacial score (nSPS) is 18.0. The number of phenols is 1. The lowest BCUT2D eigenvalue weighted by Crippen LogP contribution is -2.42. The van der Waals surface area contributed by atoms with Crippen LogP contribution in [-0.2, 0) is 6.54 Å². The van der Waals surface area contributed by atoms with Crippen molar-refractivity contribution in [3.05, 3.63) is 52.9 Å². The number of Topliss-reactive ketones (excluding diaryl/α,β-unsaturated/α-hetero) is 1. The van der Waals surface area contributed by atoms with Crippen LogP contribution in [0.1, 0.15) is 21.6 Å². The van der Waals surface area contributed by atoms with Crippen LogP contribution in [0.25, 0.3) is 17.0 Å². The average molecular weight is 406 g/mol. The van der Waals surface area contributed by atoms with E-state index in [2.05, 4.69) is 20.4 Å². The number of carbonyl (C=O) groups excluding carboxylic acids is 1. The summed E-state index contributed by atoms with van der Waals surface area (Å²) in [6.07, 6.45) is 1.63. The first-order chi connectivity index (χ1) is 14.6. The molecule has 2 aliphatic rings. The van der Waals surface area contributed by atoms with E-state index in [9.17, 15) is 9.90 Å². The van der Waals surface area contributed by atoms with Crippen molar-refractivity contribution in [3.8, 4) is 17.2 Å². The molecule has 1 fully saturated rings. The van der Waals surface area contributed by atoms with Gasteiger partial charge in [-0.1, -0.05) is 0 Å². The van der Waals surface area contributed by atoms with E-state index in [1.807, 2.05) is 18.2 Å². The van der Waals surface area contributed by atoms with Gasteiger partial charge in [0.25, 0.3) is 0 Å². The molecule has 2 aliphatic heterocycles. The summed E-state index contributed by atoms with van der Waals surface area (Å²) >= 11 is 0. The summed E-state index contributed by atoms with van der Waals surface area (Å²) in [6.45, 7) is 4.08. The van der Waals surface area contributed by atoms with E-state index in [4.69, 9.17) is 9.47 Å². The molecular formula is C22H22N4O4. The third-order valence-electron chi connectivity index (χ3n) is 5.57. The topological polar surface area (TPSA) is 99.7 Å². The zero-order valence-corrected chi connectivity index (χ0v) is 16.6. The molecule has 0 spiro atoms. The molecule has 1 saturated heterocycles. The standard InChI is InChI=1S/C22H22N4O4/c1-29-13-2-4-17-15(10-13)18(25-24-17)11-20-21(28)14-3-5-19(27)16(22(14)30-20)12-26-8-6-23-7-9-26/h2-5,10-11,23,27H,6-9,12H2,1H3,(H,24,25). The summed E-state index contributed by atoms with van der Waals surface area (Å²) < 4.78 is 11.3. The van der Waals surface area contributed by atoms with Crippen molar-refractivity contribution in [3.63, 3.8) is 0 Å². The molecule has 30 heavy (non-hydrogen) atoms. The van der Waals surface area contributed by atoms with E-state index >= 15 is 0 Å². The van der Waals surface area contributed by atoms with Crippen molar-refractivity contribution in [2.45, 2.75) is 6.54 Å². The number of nitrogens with one attached hydrogen (secondary N) is 2. The summed E-state index contributed by atoms with van der Waals surface area (Å²) in [7, 11) is 1.60. The highest BCUT2D eigenvalue weighted by Crippen LogP contribution is 2.40. The first-order valence-electron chi connectivity index (χ1n) is 9.88. The molecule has 3 aromatic rings. The van der Waals surface area contributed by atoms with Crippen LogP contribution in [0.2, 0.25) is 0 Å². The lowest BCUT2D eigenvalue weighted by molar-refractivity contribution is 0.101. The van der Waals surface area contributed by atoms with E-state index in [0.717, 1.165) is 37.1 Å². The third-order valence-corrected chi connectivity index (χ3v) is 5.57. The van der Waals surface area contributed by atoms with Gasteiger partial charge in [0.15, 0.2) is 5.76 Å². The van der Waals surface area contributed by atoms with Crippen molar-refractivity contribution in [2.75, 3.05) is 33.3 Å². The first kappa shape index (κ1) is 18.7. The number of carbonyl (C=O) groups is 1. The Morgan fingerprint density at radius 3 is 2.90 bits per heavy atom. The number of H-pyrrole nitrogens is 1. The average Bonchev–Trinajstić information content (AvgIpc) is 3.32. The minimum absolute atomic E-state index is 0.135. The minimum Gasteiger partial charge on any atom is -0.507 e. The van der Waals surface area contributed by atoms with Gasteiger partial charge in [0.2, 0.25) is 5.78 Å². The molecular weight excluding hydrogens is 384 g/mol. The molecule has 0 radical (unpaired) electrons. The molecule has 0 unspecified atom stereocenters. The van der Waals surface area contributed by atoms with Crippen LogP contribution in [0.15, 0.2) is 36.1 Å². The lowest BCUT2D eigenvalue weighted by atomic mass is 10.0. The fourth-order valence-electron chi connectivity index (χ4n) is 3.92. The number of phenolic OH excluding ortho intramolecular Hbond substituents is 1. The molecule has 2 aromatic carbocycles. The molecule has 0 bridgehead atoms. The number of hydrogen-bond acceptors (Lipinski definition) is 7. The van der Waals surface area contributed by atoms with Crippen LogP contribution in [0.4, 0.5) is 0 Å². The van der Waals surface area contributed by atoms with Crippen molar-refractivity contribution >= 4 is 22.8 Å². The van der Waals surface area contributed by atoms with Gasteiger partial charge in [0.1, 0.15) is 17.2 Å². The van der Waals surface area contributed by atoms with Crippen molar-refractivity contribution in [1.29, 1.82) is 0 Å². The molecule has 0 saturated carbocycles. The molecule has 0 aliphatic carbocycles. The Kier molecular flexibility index (Phi) is 4.65. The molecule has 3 N–H and O–H groups in total. The third kappa shape index (κ3) is 3.20. The van der Waals surface area contributed by atoms with Crippen LogP contribution in [0.5, 0.6) is 17.2 Å². The van der Waals surface area contributed by atoms with E-state index in [1.54, 1.807) is 25.3 Å². The number of ether oxygens (including phenoxy) is 2. The quantitative estimate of drug-likeness (QED) is 0.572. The zero-order valence-electron chi connectivity index (χ0n) is 16.6. The first-order valence-corrected chi connectivity index (χ1v) is 9.88. The maximum absolute atomic E-state index is 13.0. The van der Waals surface area contributed by atoms with Gasteiger partial charge < -0.3 is 19.9 Å². The van der Waals surface area contributed by atoms with Gasteiger partial charge >= 0.3 is 0 Å². The Labute approximate surface area is 173 Å². The van der Waals surface area contributed by atoms with Crippen LogP contribution < -0.4 is 14.8 Å². The van der Waals surface area contributed by atoms with Crippen molar-refractivity contribution in [2.24, 2.45) is 0 Å². The maximum atomic E-state index is 13.0. The molecule has 5 rings (SSSR count). The molecule has 0 atom stereocenters. The molecule has 3 heterocycles. The smallest absolute Gasteiger partial charge is 0.232 e. The molecule has 8 nitrogen and oxygen atoms in total. The highest BCUT2D eigenvalue weighted by atomic mass is 16.5. The predicted octanol–water partition coefficient (Wildman–Crippen LogP) is 2.30. The number of ketones is 1. The van der Waals surface area contributed by atoms with E-state index in [0.29, 0.717) is 34.9 Å². The van der Waals surface area contributed by atoms with Gasteiger partial charge in [-0.25, -0.2) is 0 Å². The second-order valence-electron chi connectivity index (χ2n) is 7.43. The second-order valence-corrected chi connectivity index (χ2v) is 7.43. The van der Waals surface area contributed by atoms with E-state index in [-0.39, 0.29) is 17.3 Å². The number of aromatic hydroxyl groups is 1. The number of piperazine rings is 1. The number of hydrogen-bond donors (Lipinski definition) is 3. The fraction of sp³-hybridized carbons (Fsp3) is 0.273. The maximum Gasteiger partial charge on any atom is 0.232 e. The molecule has 154 valence electrons. The van der Waals surface area contributed by atoms with Crippen LogP contribution >= 0.6 is 0 Å². The molecule has 0 amide bonds. The van der Waals surface area contributed by atoms with Crippen LogP contribution in [0, 0.1) is 0 Å². The van der Waals surface area contributed by atoms with Crippen molar-refractivity contribution < 1.29 is 19.4 Å². The number of methoxy groups -OCH3 is 1. The largest absolute Gasteiger partial charge is 0.507 e. The number of aromatic nitrogens is 2. The lowest BCUT2D eigenvalue weighted by Gasteiger charge is -2.27. The Balaban J connectivity index is 1.50. The number of fused-ring (bicyclic) bond motifs is 2. The SMILES string of the molecule is COc1ccc2[nH]nc(C=C3Oc4c(ccc(O)c4CN4CCNCC4)C3=O)c2c1. The number of nitrogens with zero attached hydrogens (tertiary/aromatic N) is 2. The van der Waals surface area contributed by atoms with Gasteiger partial charge in [0, 0.05) is 44.2 Å². The minimum atomic E-state index is -0.217. The van der Waals surface area contributed by atoms with Gasteiger partial charge in [-0.3, -0.25) is 14.8 Å². The summed E-state index contributed by atoms with van der Waals surface area (Å²) in [4.78, 5) is 15.2. The molecule has 8 heteroatoms. The van der Waals surface area contributed by atoms with Gasteiger partial charge in [0.05, 0.1) is 29.4 Å². The Bertz CT molecular complexity index is 1160. The van der Waals surface area contributed by atoms with Crippen LogP contribution in [-0.4, -0.2) is 59.3 Å². The van der Waals surface area contributed by atoms with E-state index in [1.165, 1.54) is 0 Å². The van der Waals surface area contributed by atoms with Gasteiger partial charge in [-0.15, -0.1) is 0 Å². The Morgan fingerprint density at radius 1 is 1.27 bits per heavy atom. The zero-order chi connectivity index (χ0) is 20.7. The van der Waals surface area contributed by atoms with Gasteiger partial charge in [-0.05, 0) is 30.3 Å². The monoisotopic (exact) mass is 406 g/mol. The van der Waals surface area contributed by atoms with Crippen molar-refractivity contribution in [1.82, 2.24) is 20.4 Å². The summed E-state index contributed by atoms with van der Waals surface area (Å²) in [5.74, 6) is 1.24. The number of allylic oxidation sites excluding steroid dienone is 1. The Hall–Kier alpha value is -3.36. The summed E-state index contributed by atoms with van der Waals surface area (Å²) in [5.41, 5.74) is 2.52. The second kappa shape index (κ2) is 7.47. The Morgan fingerprint density at radius 2 is 2.10 bits per heavy atom. The predicted molar refractivity (Wildman–Crippen MR) is 112 cm³/mol. The fourth-order valence-corrected chi connectivity index (χ4v) is 3.92. The van der Waals surface area contributed by atoms with Crippen LogP contribution in [0.3, 0.4) is 0 Å². The molecule has 1 aromatic heterocycles. The highest BCUT2D eigenvalue weighted by Gasteiger charge is 2.32. The number of rotatable bonds is 4.